The lowest BCUT2D eigenvalue weighted by Crippen LogP contribution is -2.37. The summed E-state index contributed by atoms with van der Waals surface area (Å²) in [6.07, 6.45) is -4.55. The fraction of sp³-hybridized carbons (Fsp3) is 0.455. The molecule has 1 aromatic rings. The van der Waals surface area contributed by atoms with Crippen LogP contribution in [0.1, 0.15) is 12.0 Å². The third-order valence-electron chi connectivity index (χ3n) is 2.31. The van der Waals surface area contributed by atoms with Gasteiger partial charge in [0.2, 0.25) is 0 Å². The number of benzene rings is 1. The van der Waals surface area contributed by atoms with Crippen LogP contribution in [0.4, 0.5) is 22.0 Å². The quantitative estimate of drug-likeness (QED) is 0.833. The fourth-order valence-corrected chi connectivity index (χ4v) is 1.32. The molecule has 2 N–H and O–H groups in total. The number of rotatable bonds is 5. The zero-order valence-electron chi connectivity index (χ0n) is 9.25. The fourth-order valence-electron chi connectivity index (χ4n) is 1.32. The van der Waals surface area contributed by atoms with E-state index in [0.29, 0.717) is 5.56 Å². The number of alkyl halides is 5. The van der Waals surface area contributed by atoms with Crippen LogP contribution in [0.3, 0.4) is 0 Å². The first-order chi connectivity index (χ1) is 8.29. The number of ether oxygens (including phenoxy) is 1. The molecule has 0 aliphatic carbocycles. The molecule has 0 amide bonds. The van der Waals surface area contributed by atoms with Crippen LogP contribution in [0.5, 0.6) is 5.75 Å². The van der Waals surface area contributed by atoms with Crippen molar-refractivity contribution < 1.29 is 26.7 Å². The van der Waals surface area contributed by atoms with Gasteiger partial charge in [-0.1, -0.05) is 12.1 Å². The molecule has 0 bridgehead atoms. The van der Waals surface area contributed by atoms with E-state index in [1.54, 1.807) is 0 Å². The van der Waals surface area contributed by atoms with Crippen molar-refractivity contribution >= 4 is 0 Å². The highest BCUT2D eigenvalue weighted by Gasteiger charge is 2.35. The van der Waals surface area contributed by atoms with Crippen molar-refractivity contribution in [2.45, 2.75) is 31.7 Å². The molecule has 1 atom stereocenters. The molecule has 0 heterocycles. The first kappa shape index (κ1) is 14.7. The summed E-state index contributed by atoms with van der Waals surface area (Å²) >= 11 is 0. The molecule has 2 nitrogen and oxygen atoms in total. The Morgan fingerprint density at radius 1 is 1.11 bits per heavy atom. The van der Waals surface area contributed by atoms with Crippen LogP contribution >= 0.6 is 0 Å². The van der Waals surface area contributed by atoms with Crippen LogP contribution < -0.4 is 10.5 Å². The zero-order chi connectivity index (χ0) is 13.8. The molecule has 0 fully saturated rings. The molecule has 0 saturated carbocycles. The summed E-state index contributed by atoms with van der Waals surface area (Å²) in [5.74, 6) is -0.0335. The summed E-state index contributed by atoms with van der Waals surface area (Å²) in [6, 6.07) is 3.54. The molecule has 7 heteroatoms. The highest BCUT2D eigenvalue weighted by atomic mass is 19.4. The second-order valence-electron chi connectivity index (χ2n) is 3.71. The normalized spacial score (nSPS) is 13.7. The predicted octanol–water partition coefficient (Wildman–Crippen LogP) is 3.11. The van der Waals surface area contributed by atoms with Gasteiger partial charge in [-0.2, -0.15) is 22.0 Å². The molecule has 0 aromatic heterocycles. The first-order valence-electron chi connectivity index (χ1n) is 5.15. The van der Waals surface area contributed by atoms with Crippen LogP contribution in [0.15, 0.2) is 24.3 Å². The van der Waals surface area contributed by atoms with Crippen LogP contribution in [0.2, 0.25) is 0 Å². The Morgan fingerprint density at radius 2 is 1.67 bits per heavy atom. The van der Waals surface area contributed by atoms with Gasteiger partial charge < -0.3 is 10.5 Å². The number of aryl methyl sites for hydroxylation is 1. The van der Waals surface area contributed by atoms with Crippen LogP contribution in [0, 0.1) is 0 Å². The van der Waals surface area contributed by atoms with Crippen LogP contribution in [-0.2, 0) is 6.42 Å². The Kier molecular flexibility index (Phi) is 4.89. The van der Waals surface area contributed by atoms with Gasteiger partial charge in [-0.05, 0) is 30.5 Å². The van der Waals surface area contributed by atoms with E-state index in [2.05, 4.69) is 4.74 Å². The van der Waals surface area contributed by atoms with Gasteiger partial charge in [0.05, 0.1) is 0 Å². The van der Waals surface area contributed by atoms with E-state index < -0.39 is 18.8 Å². The average Bonchev–Trinajstić information content (AvgIpc) is 2.25. The van der Waals surface area contributed by atoms with Gasteiger partial charge >= 0.3 is 12.8 Å². The highest BCUT2D eigenvalue weighted by Crippen LogP contribution is 2.22. The molecule has 18 heavy (non-hydrogen) atoms. The monoisotopic (exact) mass is 269 g/mol. The topological polar surface area (TPSA) is 35.2 Å². The second-order valence-corrected chi connectivity index (χ2v) is 3.71. The second kappa shape index (κ2) is 5.99. The van der Waals surface area contributed by atoms with Crippen molar-refractivity contribution in [1.82, 2.24) is 0 Å². The molecule has 0 saturated heterocycles. The highest BCUT2D eigenvalue weighted by molar-refractivity contribution is 5.27. The van der Waals surface area contributed by atoms with Crippen molar-refractivity contribution in [3.05, 3.63) is 29.8 Å². The smallest absolute Gasteiger partial charge is 0.403 e. The minimum absolute atomic E-state index is 0.0335. The summed E-state index contributed by atoms with van der Waals surface area (Å²) in [4.78, 5) is 0. The maximum absolute atomic E-state index is 12.1. The van der Waals surface area contributed by atoms with E-state index in [-0.39, 0.29) is 18.6 Å². The maximum Gasteiger partial charge on any atom is 0.403 e. The van der Waals surface area contributed by atoms with Gasteiger partial charge in [-0.3, -0.25) is 0 Å². The minimum atomic E-state index is -4.42. The van der Waals surface area contributed by atoms with Gasteiger partial charge in [0.25, 0.3) is 0 Å². The molecular formula is C11H12F5NO. The predicted molar refractivity (Wildman–Crippen MR) is 55.4 cm³/mol. The van der Waals surface area contributed by atoms with Crippen molar-refractivity contribution in [2.24, 2.45) is 5.73 Å². The summed E-state index contributed by atoms with van der Waals surface area (Å²) < 4.78 is 64.2. The Labute approximate surface area is 101 Å². The van der Waals surface area contributed by atoms with E-state index in [1.807, 2.05) is 0 Å². The molecule has 0 spiro atoms. The van der Waals surface area contributed by atoms with Crippen molar-refractivity contribution in [3.63, 3.8) is 0 Å². The van der Waals surface area contributed by atoms with Gasteiger partial charge in [-0.15, -0.1) is 0 Å². The van der Waals surface area contributed by atoms with Gasteiger partial charge in [0.15, 0.2) is 0 Å². The lowest BCUT2D eigenvalue weighted by atomic mass is 10.1. The molecule has 0 aliphatic rings. The number of halogens is 5. The molecule has 1 unspecified atom stereocenters. The Balaban J connectivity index is 2.49. The Bertz CT molecular complexity index is 363. The molecule has 0 radical (unpaired) electrons. The van der Waals surface area contributed by atoms with E-state index >= 15 is 0 Å². The third kappa shape index (κ3) is 4.87. The summed E-state index contributed by atoms with van der Waals surface area (Å²) in [7, 11) is 0. The largest absolute Gasteiger partial charge is 0.435 e. The lowest BCUT2D eigenvalue weighted by Gasteiger charge is -2.15. The third-order valence-corrected chi connectivity index (χ3v) is 2.31. The Morgan fingerprint density at radius 3 is 2.11 bits per heavy atom. The van der Waals surface area contributed by atoms with Crippen molar-refractivity contribution in [1.29, 1.82) is 0 Å². The number of hydrogen-bond donors (Lipinski definition) is 1. The van der Waals surface area contributed by atoms with E-state index in [0.717, 1.165) is 0 Å². The Hall–Kier alpha value is -1.37. The first-order valence-corrected chi connectivity index (χ1v) is 5.15. The average molecular weight is 269 g/mol. The number of nitrogens with two attached hydrogens (primary N) is 1. The van der Waals surface area contributed by atoms with Crippen LogP contribution in [0.25, 0.3) is 0 Å². The van der Waals surface area contributed by atoms with Crippen molar-refractivity contribution in [2.75, 3.05) is 0 Å². The summed E-state index contributed by atoms with van der Waals surface area (Å²) in [5, 5.41) is 0. The molecule has 1 aromatic carbocycles. The molecule has 0 aliphatic heterocycles. The van der Waals surface area contributed by atoms with E-state index in [1.165, 1.54) is 24.3 Å². The lowest BCUT2D eigenvalue weighted by molar-refractivity contribution is -0.148. The molecule has 1 rings (SSSR count). The van der Waals surface area contributed by atoms with Gasteiger partial charge in [0, 0.05) is 0 Å². The molecular weight excluding hydrogens is 257 g/mol. The minimum Gasteiger partial charge on any atom is -0.435 e. The zero-order valence-corrected chi connectivity index (χ0v) is 9.25. The van der Waals surface area contributed by atoms with Crippen molar-refractivity contribution in [3.8, 4) is 5.75 Å². The maximum atomic E-state index is 12.1. The van der Waals surface area contributed by atoms with Gasteiger partial charge in [0.1, 0.15) is 11.8 Å². The molecule has 102 valence electrons. The SMILES string of the molecule is NC(CCc1ccc(OC(F)F)cc1)C(F)(F)F. The van der Waals surface area contributed by atoms with Gasteiger partial charge in [-0.25, -0.2) is 0 Å². The van der Waals surface area contributed by atoms with Crippen LogP contribution in [-0.4, -0.2) is 18.8 Å². The standard InChI is InChI=1S/C11H12F5NO/c12-10(13)18-8-4-1-7(2-5-8)3-6-9(17)11(14,15)16/h1-2,4-5,9-10H,3,6,17H2. The summed E-state index contributed by atoms with van der Waals surface area (Å²) in [5.41, 5.74) is 5.53. The van der Waals surface area contributed by atoms with E-state index in [9.17, 15) is 22.0 Å². The summed E-state index contributed by atoms with van der Waals surface area (Å²) in [6.45, 7) is -2.92. The van der Waals surface area contributed by atoms with E-state index in [4.69, 9.17) is 5.73 Å². The number of hydrogen-bond acceptors (Lipinski definition) is 2.